The van der Waals surface area contributed by atoms with Gasteiger partial charge in [0.15, 0.2) is 6.10 Å². The summed E-state index contributed by atoms with van der Waals surface area (Å²) in [5.41, 5.74) is 7.81. The zero-order valence-corrected chi connectivity index (χ0v) is 26.1. The highest BCUT2D eigenvalue weighted by Crippen LogP contribution is 2.26. The van der Waals surface area contributed by atoms with Gasteiger partial charge in [0, 0.05) is 5.92 Å². The van der Waals surface area contributed by atoms with E-state index in [0.29, 0.717) is 38.6 Å². The average molecular weight is 612 g/mol. The van der Waals surface area contributed by atoms with Crippen molar-refractivity contribution in [3.05, 3.63) is 96.1 Å². The maximum absolute atomic E-state index is 14.2. The fourth-order valence-corrected chi connectivity index (χ4v) is 6.01. The number of aliphatic carboxylic acids is 1. The number of unbranched alkanes of at least 4 members (excludes halogenated alkanes) is 1. The third-order valence-electron chi connectivity index (χ3n) is 8.33. The van der Waals surface area contributed by atoms with Crippen molar-refractivity contribution in [3.8, 4) is 0 Å². The molecule has 45 heavy (non-hydrogen) atoms. The minimum absolute atomic E-state index is 0.0281. The molecular weight excluding hydrogens is 566 g/mol. The van der Waals surface area contributed by atoms with Crippen LogP contribution in [0.4, 0.5) is 0 Å². The number of amides is 2. The van der Waals surface area contributed by atoms with Gasteiger partial charge in [-0.3, -0.25) is 9.59 Å². The average Bonchev–Trinajstić information content (AvgIpc) is 3.03. The van der Waals surface area contributed by atoms with Crippen LogP contribution in [0.1, 0.15) is 50.7 Å². The summed E-state index contributed by atoms with van der Waals surface area (Å²) < 4.78 is 0. The van der Waals surface area contributed by atoms with E-state index in [1.165, 1.54) is 0 Å². The van der Waals surface area contributed by atoms with Crippen LogP contribution in [-0.4, -0.2) is 52.7 Å². The molecule has 238 valence electrons. The Morgan fingerprint density at radius 1 is 0.733 bits per heavy atom. The molecule has 0 aliphatic carbocycles. The highest BCUT2D eigenvalue weighted by molar-refractivity contribution is 5.91. The highest BCUT2D eigenvalue weighted by atomic mass is 16.4. The molecule has 2 amide bonds. The van der Waals surface area contributed by atoms with E-state index in [-0.39, 0.29) is 18.2 Å². The Morgan fingerprint density at radius 2 is 1.27 bits per heavy atom. The van der Waals surface area contributed by atoms with Gasteiger partial charge in [-0.2, -0.15) is 0 Å². The quantitative estimate of drug-likeness (QED) is 0.113. The maximum atomic E-state index is 14.2. The zero-order chi connectivity index (χ0) is 32.3. The van der Waals surface area contributed by atoms with Gasteiger partial charge < -0.3 is 26.6 Å². The van der Waals surface area contributed by atoms with Gasteiger partial charge in [-0.05, 0) is 83.7 Å². The number of nitrogens with one attached hydrogen (secondary N) is 2. The van der Waals surface area contributed by atoms with Crippen molar-refractivity contribution < 1.29 is 24.6 Å². The van der Waals surface area contributed by atoms with Gasteiger partial charge in [0.25, 0.3) is 0 Å². The first-order valence-electron chi connectivity index (χ1n) is 15.8. The molecule has 0 heterocycles. The number of fused-ring (bicyclic) bond motifs is 2. The summed E-state index contributed by atoms with van der Waals surface area (Å²) in [5, 5.41) is 29.9. The summed E-state index contributed by atoms with van der Waals surface area (Å²) in [6.45, 7) is 4.22. The smallest absolute Gasteiger partial charge is 0.334 e. The van der Waals surface area contributed by atoms with Crippen LogP contribution in [0.5, 0.6) is 0 Å². The first kappa shape index (κ1) is 33.6. The Balaban J connectivity index is 1.65. The van der Waals surface area contributed by atoms with E-state index in [2.05, 4.69) is 47.0 Å². The number of carbonyl (C=O) groups excluding carboxylic acids is 2. The summed E-state index contributed by atoms with van der Waals surface area (Å²) in [5.74, 6) is -2.65. The molecule has 2 unspecified atom stereocenters. The van der Waals surface area contributed by atoms with E-state index in [0.717, 1.165) is 32.7 Å². The van der Waals surface area contributed by atoms with Crippen molar-refractivity contribution >= 4 is 39.3 Å². The Kier molecular flexibility index (Phi) is 12.1. The molecule has 0 fully saturated rings. The monoisotopic (exact) mass is 611 g/mol. The van der Waals surface area contributed by atoms with Crippen molar-refractivity contribution in [2.75, 3.05) is 6.54 Å². The molecule has 0 aromatic heterocycles. The van der Waals surface area contributed by atoms with E-state index in [1.54, 1.807) is 0 Å². The number of hydrogen-bond donors (Lipinski definition) is 5. The van der Waals surface area contributed by atoms with Crippen LogP contribution in [0, 0.1) is 11.8 Å². The molecule has 4 aromatic rings. The number of nitrogens with two attached hydrogens (primary N) is 1. The molecule has 8 nitrogen and oxygen atoms in total. The lowest BCUT2D eigenvalue weighted by atomic mass is 9.87. The van der Waals surface area contributed by atoms with Crippen LogP contribution in [0.2, 0.25) is 0 Å². The molecule has 0 saturated heterocycles. The van der Waals surface area contributed by atoms with Gasteiger partial charge in [0.1, 0.15) is 6.04 Å². The van der Waals surface area contributed by atoms with Crippen molar-refractivity contribution in [2.45, 2.75) is 70.6 Å². The third-order valence-corrected chi connectivity index (χ3v) is 8.33. The topological polar surface area (TPSA) is 142 Å². The molecule has 3 atom stereocenters. The number of carboxylic acids is 1. The number of aliphatic hydroxyl groups is 1. The first-order chi connectivity index (χ1) is 21.7. The molecule has 0 aliphatic rings. The fraction of sp³-hybridized carbons (Fsp3) is 0.378. The van der Waals surface area contributed by atoms with Gasteiger partial charge in [-0.1, -0.05) is 98.8 Å². The number of benzene rings is 4. The van der Waals surface area contributed by atoms with Crippen LogP contribution >= 0.6 is 0 Å². The van der Waals surface area contributed by atoms with Crippen molar-refractivity contribution in [3.63, 3.8) is 0 Å². The molecule has 8 heteroatoms. The van der Waals surface area contributed by atoms with Crippen LogP contribution in [0.25, 0.3) is 21.5 Å². The molecular formula is C37H45N3O5. The Labute approximate surface area is 265 Å². The molecule has 0 saturated carbocycles. The third kappa shape index (κ3) is 9.12. The van der Waals surface area contributed by atoms with Crippen molar-refractivity contribution in [2.24, 2.45) is 17.6 Å². The summed E-state index contributed by atoms with van der Waals surface area (Å²) >= 11 is 0. The molecule has 0 aliphatic heterocycles. The first-order valence-corrected chi connectivity index (χ1v) is 15.8. The fourth-order valence-electron chi connectivity index (χ4n) is 6.01. The predicted molar refractivity (Wildman–Crippen MR) is 179 cm³/mol. The van der Waals surface area contributed by atoms with Gasteiger partial charge in [0.2, 0.25) is 11.8 Å². The van der Waals surface area contributed by atoms with Gasteiger partial charge in [-0.25, -0.2) is 4.79 Å². The Morgan fingerprint density at radius 3 is 1.78 bits per heavy atom. The summed E-state index contributed by atoms with van der Waals surface area (Å²) in [6.07, 6.45) is 1.03. The molecule has 4 aromatic carbocycles. The number of hydrogen-bond acceptors (Lipinski definition) is 5. The SMILES string of the molecule is CC(C)CC(NC(=O)C(CCCCN)NC(=O)C(Cc1cccc2ccccc12)Cc1cccc2ccccc12)[C@@H](O)C(=O)O. The lowest BCUT2D eigenvalue weighted by Crippen LogP contribution is -2.55. The second-order valence-electron chi connectivity index (χ2n) is 12.3. The van der Waals surface area contributed by atoms with E-state index < -0.39 is 36.0 Å². The minimum atomic E-state index is -1.76. The van der Waals surface area contributed by atoms with E-state index in [9.17, 15) is 24.6 Å². The van der Waals surface area contributed by atoms with Crippen LogP contribution in [0.3, 0.4) is 0 Å². The molecule has 6 N–H and O–H groups in total. The lowest BCUT2D eigenvalue weighted by molar-refractivity contribution is -0.149. The zero-order valence-electron chi connectivity index (χ0n) is 26.1. The lowest BCUT2D eigenvalue weighted by Gasteiger charge is -2.27. The normalized spacial score (nSPS) is 13.6. The van der Waals surface area contributed by atoms with E-state index in [1.807, 2.05) is 62.4 Å². The summed E-state index contributed by atoms with van der Waals surface area (Å²) in [6, 6.07) is 26.4. The largest absolute Gasteiger partial charge is 0.479 e. The van der Waals surface area contributed by atoms with Crippen LogP contribution in [0.15, 0.2) is 84.9 Å². The maximum Gasteiger partial charge on any atom is 0.334 e. The second-order valence-corrected chi connectivity index (χ2v) is 12.3. The summed E-state index contributed by atoms with van der Waals surface area (Å²) in [4.78, 5) is 39.4. The molecule has 0 bridgehead atoms. The molecule has 0 spiro atoms. The Hall–Kier alpha value is -4.27. The van der Waals surface area contributed by atoms with E-state index in [4.69, 9.17) is 5.73 Å². The van der Waals surface area contributed by atoms with Gasteiger partial charge in [0.05, 0.1) is 6.04 Å². The van der Waals surface area contributed by atoms with Crippen molar-refractivity contribution in [1.82, 2.24) is 10.6 Å². The molecule has 0 radical (unpaired) electrons. The number of carboxylic acid groups (broad SMARTS) is 1. The number of rotatable bonds is 16. The Bertz CT molecular complexity index is 1510. The minimum Gasteiger partial charge on any atom is -0.479 e. The van der Waals surface area contributed by atoms with Crippen LogP contribution < -0.4 is 16.4 Å². The highest BCUT2D eigenvalue weighted by Gasteiger charge is 2.32. The van der Waals surface area contributed by atoms with E-state index >= 15 is 0 Å². The summed E-state index contributed by atoms with van der Waals surface area (Å²) in [7, 11) is 0. The van der Waals surface area contributed by atoms with Crippen molar-refractivity contribution in [1.29, 1.82) is 0 Å². The second kappa shape index (κ2) is 16.2. The van der Waals surface area contributed by atoms with Gasteiger partial charge >= 0.3 is 5.97 Å². The predicted octanol–water partition coefficient (Wildman–Crippen LogP) is 4.98. The number of carbonyl (C=O) groups is 3. The number of aliphatic hydroxyl groups excluding tert-OH is 1. The van der Waals surface area contributed by atoms with Crippen LogP contribution in [-0.2, 0) is 27.2 Å². The van der Waals surface area contributed by atoms with Gasteiger partial charge in [-0.15, -0.1) is 0 Å². The molecule has 4 rings (SSSR count). The standard InChI is InChI=1S/C37H45N3O5/c1-24(2)21-33(34(41)37(44)45)40-36(43)32(19-7-8-20-38)39-35(42)29(22-27-15-9-13-25-11-3-5-17-30(25)27)23-28-16-10-14-26-12-4-6-18-31(26)28/h3-6,9-18,24,29,32-34,41H,7-8,19-23,38H2,1-2H3,(H,39,42)(H,40,43)(H,44,45)/t32?,33?,34-/m1/s1.